The van der Waals surface area contributed by atoms with Crippen molar-refractivity contribution in [3.63, 3.8) is 0 Å². The van der Waals surface area contributed by atoms with Crippen molar-refractivity contribution in [2.75, 3.05) is 22.7 Å². The minimum absolute atomic E-state index is 0.135. The van der Waals surface area contributed by atoms with Gasteiger partial charge < -0.3 is 14.9 Å². The SMILES string of the molecule is CCCN(CCCC(=N)C(C)n1c(C)cc2cc(F)ccc21)c1ccc(S(=O)(=O)Nc2ccncn2)cc1. The molecule has 1 atom stereocenters. The first-order chi connectivity index (χ1) is 18.2. The number of nitrogens with one attached hydrogen (secondary N) is 2. The van der Waals surface area contributed by atoms with Crippen LogP contribution in [0.15, 0.2) is 72.0 Å². The molecule has 0 radical (unpaired) electrons. The molecule has 2 aromatic carbocycles. The second kappa shape index (κ2) is 11.7. The lowest BCUT2D eigenvalue weighted by atomic mass is 10.1. The van der Waals surface area contributed by atoms with Crippen LogP contribution in [0.4, 0.5) is 15.9 Å². The number of aromatic nitrogens is 3. The van der Waals surface area contributed by atoms with Gasteiger partial charge in [-0.05, 0) is 87.7 Å². The highest BCUT2D eigenvalue weighted by Gasteiger charge is 2.18. The van der Waals surface area contributed by atoms with Crippen molar-refractivity contribution in [2.24, 2.45) is 0 Å². The molecule has 0 aliphatic heterocycles. The van der Waals surface area contributed by atoms with Gasteiger partial charge in [-0.25, -0.2) is 22.8 Å². The molecular weight excluding hydrogens is 503 g/mol. The smallest absolute Gasteiger partial charge is 0.263 e. The first-order valence-electron chi connectivity index (χ1n) is 12.7. The molecule has 10 heteroatoms. The van der Waals surface area contributed by atoms with Crippen LogP contribution < -0.4 is 9.62 Å². The molecule has 4 aromatic rings. The van der Waals surface area contributed by atoms with Gasteiger partial charge >= 0.3 is 0 Å². The minimum Gasteiger partial charge on any atom is -0.372 e. The fourth-order valence-corrected chi connectivity index (χ4v) is 5.72. The number of rotatable bonds is 12. The Morgan fingerprint density at radius 1 is 1.13 bits per heavy atom. The summed E-state index contributed by atoms with van der Waals surface area (Å²) in [7, 11) is -3.76. The second-order valence-electron chi connectivity index (χ2n) is 9.34. The molecule has 200 valence electrons. The van der Waals surface area contributed by atoms with E-state index in [1.54, 1.807) is 18.2 Å². The zero-order chi connectivity index (χ0) is 27.3. The molecule has 0 saturated heterocycles. The Labute approximate surface area is 223 Å². The Morgan fingerprint density at radius 2 is 1.89 bits per heavy atom. The van der Waals surface area contributed by atoms with Gasteiger partial charge in [-0.3, -0.25) is 4.72 Å². The third kappa shape index (κ3) is 6.19. The zero-order valence-electron chi connectivity index (χ0n) is 21.9. The lowest BCUT2D eigenvalue weighted by molar-refractivity contribution is 0.601. The molecule has 2 heterocycles. The zero-order valence-corrected chi connectivity index (χ0v) is 22.7. The van der Waals surface area contributed by atoms with Gasteiger partial charge in [-0.2, -0.15) is 0 Å². The molecule has 0 aliphatic rings. The Morgan fingerprint density at radius 3 is 2.58 bits per heavy atom. The van der Waals surface area contributed by atoms with E-state index >= 15 is 0 Å². The summed E-state index contributed by atoms with van der Waals surface area (Å²) in [5.74, 6) is -0.0512. The highest BCUT2D eigenvalue weighted by atomic mass is 32.2. The van der Waals surface area contributed by atoms with Gasteiger partial charge in [0.2, 0.25) is 0 Å². The molecule has 38 heavy (non-hydrogen) atoms. The average molecular weight is 537 g/mol. The number of fused-ring (bicyclic) bond motifs is 1. The Balaban J connectivity index is 1.39. The molecule has 0 amide bonds. The number of nitrogens with zero attached hydrogens (tertiary/aromatic N) is 4. The Kier molecular flexibility index (Phi) is 8.41. The number of benzene rings is 2. The molecule has 8 nitrogen and oxygen atoms in total. The van der Waals surface area contributed by atoms with Crippen LogP contribution in [0.3, 0.4) is 0 Å². The largest absolute Gasteiger partial charge is 0.372 e. The van der Waals surface area contributed by atoms with E-state index < -0.39 is 10.0 Å². The van der Waals surface area contributed by atoms with Gasteiger partial charge in [0.25, 0.3) is 10.0 Å². The van der Waals surface area contributed by atoms with E-state index in [2.05, 4.69) is 31.1 Å². The molecule has 2 N–H and O–H groups in total. The average Bonchev–Trinajstić information content (AvgIpc) is 3.22. The molecule has 0 fully saturated rings. The third-order valence-electron chi connectivity index (χ3n) is 6.59. The van der Waals surface area contributed by atoms with Crippen molar-refractivity contribution in [1.82, 2.24) is 14.5 Å². The maximum absolute atomic E-state index is 13.7. The molecule has 2 aromatic heterocycles. The molecule has 1 unspecified atom stereocenters. The number of anilines is 2. The van der Waals surface area contributed by atoms with E-state index in [-0.39, 0.29) is 22.6 Å². The highest BCUT2D eigenvalue weighted by Crippen LogP contribution is 2.26. The fraction of sp³-hybridized carbons (Fsp3) is 0.321. The maximum atomic E-state index is 13.7. The Bertz CT molecular complexity index is 1500. The van der Waals surface area contributed by atoms with E-state index in [1.165, 1.54) is 30.7 Å². The maximum Gasteiger partial charge on any atom is 0.263 e. The standard InChI is InChI=1S/C28H33FN6O2S/c1-4-15-34(24-8-10-25(11-9-24)38(36,37)33-28-13-14-31-19-32-28)16-5-6-26(30)21(3)35-20(2)17-22-18-23(29)7-12-27(22)35/h7-14,17-19,21,30H,4-6,15-16H2,1-3H3,(H,31,32,33). The van der Waals surface area contributed by atoms with Gasteiger partial charge in [-0.15, -0.1) is 0 Å². The van der Waals surface area contributed by atoms with E-state index in [0.717, 1.165) is 48.2 Å². The van der Waals surface area contributed by atoms with Crippen molar-refractivity contribution in [2.45, 2.75) is 51.0 Å². The van der Waals surface area contributed by atoms with Crippen LogP contribution >= 0.6 is 0 Å². The minimum atomic E-state index is -3.76. The van der Waals surface area contributed by atoms with Crippen molar-refractivity contribution in [3.05, 3.63) is 78.6 Å². The van der Waals surface area contributed by atoms with Crippen molar-refractivity contribution in [1.29, 1.82) is 5.41 Å². The normalized spacial score (nSPS) is 12.4. The van der Waals surface area contributed by atoms with Gasteiger partial charge in [0.05, 0.1) is 10.9 Å². The topological polar surface area (TPSA) is 104 Å². The third-order valence-corrected chi connectivity index (χ3v) is 7.96. The Hall–Kier alpha value is -3.79. The van der Waals surface area contributed by atoms with Crippen LogP contribution in [0.5, 0.6) is 0 Å². The molecular formula is C28H33FN6O2S. The summed E-state index contributed by atoms with van der Waals surface area (Å²) in [6, 6.07) is 14.9. The highest BCUT2D eigenvalue weighted by molar-refractivity contribution is 7.92. The summed E-state index contributed by atoms with van der Waals surface area (Å²) in [5, 5.41) is 9.57. The van der Waals surface area contributed by atoms with Gasteiger partial charge in [-0.1, -0.05) is 6.92 Å². The van der Waals surface area contributed by atoms with E-state index in [9.17, 15) is 12.8 Å². The summed E-state index contributed by atoms with van der Waals surface area (Å²) in [4.78, 5) is 10.1. The van der Waals surface area contributed by atoms with Gasteiger partial charge in [0.15, 0.2) is 0 Å². The summed E-state index contributed by atoms with van der Waals surface area (Å²) < 4.78 is 43.6. The van der Waals surface area contributed by atoms with Gasteiger partial charge in [0.1, 0.15) is 18.0 Å². The van der Waals surface area contributed by atoms with Crippen LogP contribution in [0.2, 0.25) is 0 Å². The number of hydrogen-bond acceptors (Lipinski definition) is 6. The molecule has 0 saturated carbocycles. The monoisotopic (exact) mass is 536 g/mol. The van der Waals surface area contributed by atoms with Crippen LogP contribution in [0.25, 0.3) is 10.9 Å². The van der Waals surface area contributed by atoms with Crippen molar-refractivity contribution >= 4 is 38.1 Å². The van der Waals surface area contributed by atoms with E-state index in [4.69, 9.17) is 5.41 Å². The lowest BCUT2D eigenvalue weighted by Gasteiger charge is -2.25. The molecule has 0 spiro atoms. The number of halogens is 1. The van der Waals surface area contributed by atoms with Crippen LogP contribution in [-0.2, 0) is 10.0 Å². The summed E-state index contributed by atoms with van der Waals surface area (Å²) in [6.07, 6.45) is 5.10. The van der Waals surface area contributed by atoms with Crippen LogP contribution in [-0.4, -0.2) is 41.8 Å². The summed E-state index contributed by atoms with van der Waals surface area (Å²) in [5.41, 5.74) is 3.48. The number of hydrogen-bond donors (Lipinski definition) is 2. The molecule has 0 aliphatic carbocycles. The van der Waals surface area contributed by atoms with Crippen LogP contribution in [0, 0.1) is 18.2 Å². The fourth-order valence-electron chi connectivity index (χ4n) is 4.71. The summed E-state index contributed by atoms with van der Waals surface area (Å²) in [6.45, 7) is 7.66. The predicted molar refractivity (Wildman–Crippen MR) is 150 cm³/mol. The number of aryl methyl sites for hydroxylation is 1. The van der Waals surface area contributed by atoms with Gasteiger partial charge in [0, 0.05) is 47.3 Å². The van der Waals surface area contributed by atoms with Crippen LogP contribution in [0.1, 0.15) is 44.8 Å². The van der Waals surface area contributed by atoms with Crippen molar-refractivity contribution in [3.8, 4) is 0 Å². The number of sulfonamides is 1. The first-order valence-corrected chi connectivity index (χ1v) is 14.2. The predicted octanol–water partition coefficient (Wildman–Crippen LogP) is 5.96. The van der Waals surface area contributed by atoms with E-state index in [0.29, 0.717) is 12.1 Å². The van der Waals surface area contributed by atoms with Crippen molar-refractivity contribution < 1.29 is 12.8 Å². The molecule has 4 rings (SSSR count). The van der Waals surface area contributed by atoms with E-state index in [1.807, 2.05) is 32.0 Å². The summed E-state index contributed by atoms with van der Waals surface area (Å²) >= 11 is 0. The quantitative estimate of drug-likeness (QED) is 0.218. The first kappa shape index (κ1) is 27.3. The molecule has 0 bridgehead atoms. The lowest BCUT2D eigenvalue weighted by Crippen LogP contribution is -2.26. The second-order valence-corrected chi connectivity index (χ2v) is 11.0.